The van der Waals surface area contributed by atoms with Crippen LogP contribution in [0.2, 0.25) is 0 Å². The monoisotopic (exact) mass is 378 g/mol. The van der Waals surface area contributed by atoms with Crippen LogP contribution < -0.4 is 4.74 Å². The zero-order chi connectivity index (χ0) is 19.9. The van der Waals surface area contributed by atoms with Gasteiger partial charge in [-0.2, -0.15) is 0 Å². The minimum absolute atomic E-state index is 0.110. The maximum absolute atomic E-state index is 12.6. The van der Waals surface area contributed by atoms with Crippen LogP contribution in [-0.4, -0.2) is 24.0 Å². The van der Waals surface area contributed by atoms with E-state index in [1.165, 1.54) is 0 Å². The molecule has 0 spiro atoms. The minimum Gasteiger partial charge on any atom is -0.494 e. The third-order valence-corrected chi connectivity index (χ3v) is 5.19. The first-order valence-corrected chi connectivity index (χ1v) is 9.93. The Balaban J connectivity index is 1.56. The maximum atomic E-state index is 12.6. The van der Waals surface area contributed by atoms with Crippen LogP contribution in [0.15, 0.2) is 54.6 Å². The fourth-order valence-electron chi connectivity index (χ4n) is 3.68. The van der Waals surface area contributed by atoms with Gasteiger partial charge in [0.25, 0.3) is 0 Å². The molecule has 2 aromatic rings. The molecule has 2 aromatic carbocycles. The molecule has 0 amide bonds. The normalized spacial score (nSPS) is 19.5. The van der Waals surface area contributed by atoms with E-state index in [0.717, 1.165) is 23.3 Å². The number of ether oxygens (including phenoxy) is 1. The predicted molar refractivity (Wildman–Crippen MR) is 107 cm³/mol. The van der Waals surface area contributed by atoms with E-state index >= 15 is 0 Å². The molecule has 0 saturated heterocycles. The summed E-state index contributed by atoms with van der Waals surface area (Å²) in [4.78, 5) is 37.6. The van der Waals surface area contributed by atoms with Crippen molar-refractivity contribution in [2.75, 3.05) is 6.61 Å². The number of Topliss-reactive ketones (excluding diaryl/α,β-unsaturated/α-hetero) is 3. The van der Waals surface area contributed by atoms with Gasteiger partial charge in [0.1, 0.15) is 11.7 Å². The van der Waals surface area contributed by atoms with Gasteiger partial charge in [0.15, 0.2) is 17.3 Å². The van der Waals surface area contributed by atoms with Crippen LogP contribution in [-0.2, 0) is 20.8 Å². The van der Waals surface area contributed by atoms with Gasteiger partial charge in [-0.05, 0) is 42.0 Å². The van der Waals surface area contributed by atoms with Gasteiger partial charge in [-0.3, -0.25) is 14.4 Å². The number of carbonyl (C=O) groups excluding carboxylic acids is 3. The van der Waals surface area contributed by atoms with E-state index in [1.807, 2.05) is 54.6 Å². The molecular weight excluding hydrogens is 352 g/mol. The number of hydrogen-bond acceptors (Lipinski definition) is 4. The smallest absolute Gasteiger partial charge is 0.151 e. The summed E-state index contributed by atoms with van der Waals surface area (Å²) in [7, 11) is 0. The molecule has 0 atom stereocenters. The second-order valence-electron chi connectivity index (χ2n) is 7.34. The summed E-state index contributed by atoms with van der Waals surface area (Å²) in [6.45, 7) is 2.73. The van der Waals surface area contributed by atoms with Gasteiger partial charge >= 0.3 is 0 Å². The molecule has 146 valence electrons. The van der Waals surface area contributed by atoms with E-state index in [-0.39, 0.29) is 42.5 Å². The zero-order valence-electron chi connectivity index (χ0n) is 16.2. The molecule has 0 unspecified atom stereocenters. The molecule has 1 aliphatic carbocycles. The zero-order valence-corrected chi connectivity index (χ0v) is 16.2. The summed E-state index contributed by atoms with van der Waals surface area (Å²) in [6, 6.07) is 17.2. The molecule has 0 aliphatic heterocycles. The quantitative estimate of drug-likeness (QED) is 0.642. The lowest BCUT2D eigenvalue weighted by atomic mass is 9.74. The summed E-state index contributed by atoms with van der Waals surface area (Å²) in [5.74, 6) is -1.11. The van der Waals surface area contributed by atoms with E-state index in [4.69, 9.17) is 4.74 Å². The Morgan fingerprint density at radius 3 is 2.21 bits per heavy atom. The highest BCUT2D eigenvalue weighted by molar-refractivity contribution is 6.21. The fraction of sp³-hybridized carbons (Fsp3) is 0.375. The Bertz CT molecular complexity index is 805. The van der Waals surface area contributed by atoms with Gasteiger partial charge in [-0.15, -0.1) is 0 Å². The van der Waals surface area contributed by atoms with Crippen molar-refractivity contribution in [1.82, 2.24) is 0 Å². The molecule has 0 aromatic heterocycles. The first kappa shape index (κ1) is 20.0. The van der Waals surface area contributed by atoms with Gasteiger partial charge in [0, 0.05) is 19.3 Å². The molecule has 0 bridgehead atoms. The van der Waals surface area contributed by atoms with Crippen molar-refractivity contribution in [3.63, 3.8) is 0 Å². The summed E-state index contributed by atoms with van der Waals surface area (Å²) in [5.41, 5.74) is 1.98. The maximum Gasteiger partial charge on any atom is 0.151 e. The molecule has 1 aliphatic rings. The molecular formula is C24H26O4. The minimum atomic E-state index is -1.08. The average molecular weight is 378 g/mol. The Morgan fingerprint density at radius 1 is 0.964 bits per heavy atom. The van der Waals surface area contributed by atoms with Gasteiger partial charge in [-0.25, -0.2) is 0 Å². The molecule has 28 heavy (non-hydrogen) atoms. The number of rotatable bonds is 8. The highest BCUT2D eigenvalue weighted by Crippen LogP contribution is 2.32. The standard InChI is InChI=1S/C24H26O4/c1-2-14-28-20-11-8-17(9-12-20)10-13-21(25)24-22(26)15-19(16-23(24)27)18-6-4-3-5-7-18/h3-9,11-12,19,24H,2,10,13-16H2,1H3. The SMILES string of the molecule is CCCOc1ccc(CCC(=O)C2C(=O)CC(c3ccccc3)CC2=O)cc1. The summed E-state index contributed by atoms with van der Waals surface area (Å²) in [5, 5.41) is 0. The van der Waals surface area contributed by atoms with E-state index in [2.05, 4.69) is 6.92 Å². The summed E-state index contributed by atoms with van der Waals surface area (Å²) in [6.07, 6.45) is 2.19. The van der Waals surface area contributed by atoms with E-state index in [0.29, 0.717) is 13.0 Å². The molecule has 0 heterocycles. The summed E-state index contributed by atoms with van der Waals surface area (Å²) >= 11 is 0. The van der Waals surface area contributed by atoms with Gasteiger partial charge in [0.2, 0.25) is 0 Å². The van der Waals surface area contributed by atoms with Crippen LogP contribution in [0.1, 0.15) is 49.7 Å². The number of hydrogen-bond donors (Lipinski definition) is 0. The number of aryl methyl sites for hydroxylation is 1. The van der Waals surface area contributed by atoms with Crippen molar-refractivity contribution in [1.29, 1.82) is 0 Å². The molecule has 0 N–H and O–H groups in total. The fourth-order valence-corrected chi connectivity index (χ4v) is 3.68. The van der Waals surface area contributed by atoms with Crippen molar-refractivity contribution < 1.29 is 19.1 Å². The van der Waals surface area contributed by atoms with Crippen LogP contribution in [0, 0.1) is 5.92 Å². The van der Waals surface area contributed by atoms with Crippen molar-refractivity contribution in [3.8, 4) is 5.75 Å². The van der Waals surface area contributed by atoms with Crippen molar-refractivity contribution in [2.45, 2.75) is 44.9 Å². The molecule has 1 saturated carbocycles. The van der Waals surface area contributed by atoms with Crippen LogP contribution in [0.3, 0.4) is 0 Å². The van der Waals surface area contributed by atoms with Gasteiger partial charge in [0.05, 0.1) is 6.61 Å². The molecule has 4 heteroatoms. The highest BCUT2D eigenvalue weighted by atomic mass is 16.5. The highest BCUT2D eigenvalue weighted by Gasteiger charge is 2.39. The van der Waals surface area contributed by atoms with Crippen LogP contribution in [0.5, 0.6) is 5.75 Å². The van der Waals surface area contributed by atoms with E-state index in [1.54, 1.807) is 0 Å². The first-order chi connectivity index (χ1) is 13.6. The Hall–Kier alpha value is -2.75. The van der Waals surface area contributed by atoms with Crippen LogP contribution >= 0.6 is 0 Å². The third-order valence-electron chi connectivity index (χ3n) is 5.19. The number of benzene rings is 2. The largest absolute Gasteiger partial charge is 0.494 e. The second-order valence-corrected chi connectivity index (χ2v) is 7.34. The number of ketones is 3. The molecule has 4 nitrogen and oxygen atoms in total. The Labute approximate surface area is 165 Å². The van der Waals surface area contributed by atoms with Crippen molar-refractivity contribution in [2.24, 2.45) is 5.92 Å². The van der Waals surface area contributed by atoms with Crippen LogP contribution in [0.25, 0.3) is 0 Å². The van der Waals surface area contributed by atoms with E-state index < -0.39 is 5.92 Å². The first-order valence-electron chi connectivity index (χ1n) is 9.93. The Kier molecular flexibility index (Phi) is 6.75. The average Bonchev–Trinajstić information content (AvgIpc) is 2.71. The van der Waals surface area contributed by atoms with E-state index in [9.17, 15) is 14.4 Å². The van der Waals surface area contributed by atoms with Gasteiger partial charge in [-0.1, -0.05) is 49.4 Å². The topological polar surface area (TPSA) is 60.4 Å². The molecule has 3 rings (SSSR count). The molecule has 1 fully saturated rings. The third kappa shape index (κ3) is 4.94. The number of carbonyl (C=O) groups is 3. The van der Waals surface area contributed by atoms with Crippen molar-refractivity contribution in [3.05, 3.63) is 65.7 Å². The van der Waals surface area contributed by atoms with Gasteiger partial charge < -0.3 is 4.74 Å². The molecule has 0 radical (unpaired) electrons. The van der Waals surface area contributed by atoms with Crippen molar-refractivity contribution >= 4 is 17.3 Å². The van der Waals surface area contributed by atoms with Crippen LogP contribution in [0.4, 0.5) is 0 Å². The lowest BCUT2D eigenvalue weighted by molar-refractivity contribution is -0.142. The predicted octanol–water partition coefficient (Wildman–Crippen LogP) is 4.31. The summed E-state index contributed by atoms with van der Waals surface area (Å²) < 4.78 is 5.55. The Morgan fingerprint density at radius 2 is 1.61 bits per heavy atom. The second kappa shape index (κ2) is 9.45. The lowest BCUT2D eigenvalue weighted by Gasteiger charge is -2.26. The lowest BCUT2D eigenvalue weighted by Crippen LogP contribution is -2.38.